The van der Waals surface area contributed by atoms with E-state index in [1.807, 2.05) is 0 Å². The van der Waals surface area contributed by atoms with Crippen LogP contribution in [0, 0.1) is 0 Å². The van der Waals surface area contributed by atoms with Gasteiger partial charge in [-0.05, 0) is 25.7 Å². The largest absolute Gasteiger partial charge is 1.00 e. The number of unbranched alkanes of at least 4 members (excludes halogenated alkanes) is 14. The van der Waals surface area contributed by atoms with Crippen molar-refractivity contribution in [2.24, 2.45) is 0 Å². The molecule has 4 atom stereocenters. The number of nitrogens with zero attached hydrogens (tertiary/aromatic N) is 1. The Morgan fingerprint density at radius 2 is 0.853 bits per heavy atom. The molecule has 0 radical (unpaired) electrons. The Balaban J connectivity index is 0. The van der Waals surface area contributed by atoms with Gasteiger partial charge in [-0.2, -0.15) is 0 Å². The topological polar surface area (TPSA) is 101 Å². The maximum atomic E-state index is 10.6. The van der Waals surface area contributed by atoms with Crippen molar-refractivity contribution in [2.45, 2.75) is 141 Å². The lowest BCUT2D eigenvalue weighted by atomic mass is 10.0. The van der Waals surface area contributed by atoms with Crippen LogP contribution in [0.4, 0.5) is 0 Å². The Hall–Kier alpha value is 0.240. The summed E-state index contributed by atoms with van der Waals surface area (Å²) in [5.41, 5.74) is 0. The third-order valence-corrected chi connectivity index (χ3v) is 7.06. The molecule has 5 N–H and O–H groups in total. The zero-order valence-electron chi connectivity index (χ0n) is 22.5. The third kappa shape index (κ3) is 18.5. The molecule has 0 amide bonds. The van der Waals surface area contributed by atoms with E-state index in [1.54, 1.807) is 0 Å². The van der Waals surface area contributed by atoms with Crippen molar-refractivity contribution in [2.75, 3.05) is 33.3 Å². The first-order valence-corrected chi connectivity index (χ1v) is 14.0. The molecule has 208 valence electrons. The summed E-state index contributed by atoms with van der Waals surface area (Å²) in [7, 11) is 2.13. The second-order valence-electron chi connectivity index (χ2n) is 10.5. The molecule has 0 saturated carbocycles. The van der Waals surface area contributed by atoms with Crippen LogP contribution in [0.5, 0.6) is 0 Å². The Morgan fingerprint density at radius 1 is 0.529 bits per heavy atom. The summed E-state index contributed by atoms with van der Waals surface area (Å²) in [6, 6.07) is 0. The van der Waals surface area contributed by atoms with Crippen LogP contribution in [0.15, 0.2) is 0 Å². The van der Waals surface area contributed by atoms with E-state index >= 15 is 0 Å². The second-order valence-corrected chi connectivity index (χ2v) is 10.5. The summed E-state index contributed by atoms with van der Waals surface area (Å²) in [5, 5.41) is 49.5. The number of hydrogen-bond acceptors (Lipinski definition) is 5. The van der Waals surface area contributed by atoms with Crippen LogP contribution in [-0.4, -0.2) is 87.7 Å². The van der Waals surface area contributed by atoms with Gasteiger partial charge in [-0.25, -0.2) is 0 Å². The summed E-state index contributed by atoms with van der Waals surface area (Å²) in [6.07, 6.45) is 14.5. The van der Waals surface area contributed by atoms with Gasteiger partial charge in [0, 0.05) is 0 Å². The minimum absolute atomic E-state index is 0. The molecule has 0 aliphatic heterocycles. The fourth-order valence-corrected chi connectivity index (χ4v) is 4.67. The molecular formula is C27H58BrNO5. The van der Waals surface area contributed by atoms with Crippen molar-refractivity contribution in [3.8, 4) is 0 Å². The maximum absolute atomic E-state index is 10.6. The molecule has 0 aliphatic carbocycles. The van der Waals surface area contributed by atoms with Crippen molar-refractivity contribution < 1.29 is 47.0 Å². The molecule has 0 aromatic heterocycles. The van der Waals surface area contributed by atoms with Gasteiger partial charge in [-0.15, -0.1) is 0 Å². The van der Waals surface area contributed by atoms with Gasteiger partial charge in [0.1, 0.15) is 31.0 Å². The number of aliphatic hydroxyl groups excluding tert-OH is 5. The molecule has 7 heteroatoms. The van der Waals surface area contributed by atoms with Gasteiger partial charge < -0.3 is 47.0 Å². The quantitative estimate of drug-likeness (QED) is 0.0908. The predicted octanol–water partition coefficient (Wildman–Crippen LogP) is 1.15. The zero-order chi connectivity index (χ0) is 25.0. The highest BCUT2D eigenvalue weighted by Gasteiger charge is 2.35. The minimum atomic E-state index is -1.55. The molecule has 0 saturated heterocycles. The standard InChI is InChI=1S/C27H58NO5.BrH/c1-4-6-8-10-12-14-16-18-20-28(3,21-19-17-15-13-11-9-7-5-2)22-24(30)26(32)27(33)25(31)23-29;/h24-27,29-33H,4-23H2,1-3H3;1H/q+1;/p-1/t24-,25+,26+,27+;/m0./s1. The summed E-state index contributed by atoms with van der Waals surface area (Å²) in [5.74, 6) is 0. The van der Waals surface area contributed by atoms with E-state index in [4.69, 9.17) is 5.11 Å². The lowest BCUT2D eigenvalue weighted by molar-refractivity contribution is -0.913. The average Bonchev–Trinajstić information content (AvgIpc) is 2.80. The molecule has 0 heterocycles. The van der Waals surface area contributed by atoms with Crippen LogP contribution in [-0.2, 0) is 0 Å². The number of aliphatic hydroxyl groups is 5. The van der Waals surface area contributed by atoms with E-state index in [0.717, 1.165) is 25.9 Å². The van der Waals surface area contributed by atoms with Crippen LogP contribution >= 0.6 is 0 Å². The molecule has 0 bridgehead atoms. The van der Waals surface area contributed by atoms with Crippen molar-refractivity contribution >= 4 is 0 Å². The van der Waals surface area contributed by atoms with Gasteiger partial charge in [0.15, 0.2) is 0 Å². The highest BCUT2D eigenvalue weighted by Crippen LogP contribution is 2.17. The van der Waals surface area contributed by atoms with E-state index in [-0.39, 0.29) is 17.0 Å². The fraction of sp³-hybridized carbons (Fsp3) is 1.00. The van der Waals surface area contributed by atoms with Gasteiger partial charge in [0.2, 0.25) is 0 Å². The number of rotatable bonds is 24. The first-order chi connectivity index (χ1) is 15.8. The number of halogens is 1. The fourth-order valence-electron chi connectivity index (χ4n) is 4.67. The molecule has 0 rings (SSSR count). The second kappa shape index (κ2) is 23.6. The van der Waals surface area contributed by atoms with Crippen LogP contribution in [0.3, 0.4) is 0 Å². The van der Waals surface area contributed by atoms with Crippen molar-refractivity contribution in [1.29, 1.82) is 0 Å². The van der Waals surface area contributed by atoms with Gasteiger partial charge >= 0.3 is 0 Å². The molecular weight excluding hydrogens is 498 g/mol. The molecule has 0 aliphatic rings. The molecule has 6 nitrogen and oxygen atoms in total. The summed E-state index contributed by atoms with van der Waals surface area (Å²) in [4.78, 5) is 0. The van der Waals surface area contributed by atoms with Crippen LogP contribution in [0.25, 0.3) is 0 Å². The first-order valence-electron chi connectivity index (χ1n) is 14.0. The monoisotopic (exact) mass is 555 g/mol. The molecule has 0 aromatic rings. The molecule has 34 heavy (non-hydrogen) atoms. The Bertz CT molecular complexity index is 410. The van der Waals surface area contributed by atoms with Crippen LogP contribution in [0.2, 0.25) is 0 Å². The van der Waals surface area contributed by atoms with E-state index in [1.165, 1.54) is 89.9 Å². The molecule has 0 aromatic carbocycles. The zero-order valence-corrected chi connectivity index (χ0v) is 24.1. The third-order valence-electron chi connectivity index (χ3n) is 7.06. The average molecular weight is 557 g/mol. The SMILES string of the molecule is CCCCCCCCCC[N+](C)(CCCCCCCCCC)C[C@H](O)[C@@H](O)[C@H](O)[C@H](O)CO.[Br-]. The van der Waals surface area contributed by atoms with E-state index in [2.05, 4.69) is 20.9 Å². The Labute approximate surface area is 221 Å². The lowest BCUT2D eigenvalue weighted by Crippen LogP contribution is -3.00. The van der Waals surface area contributed by atoms with Crippen molar-refractivity contribution in [3.05, 3.63) is 0 Å². The maximum Gasteiger partial charge on any atom is 0.131 e. The Kier molecular flexibility index (Phi) is 25.3. The minimum Gasteiger partial charge on any atom is -1.00 e. The summed E-state index contributed by atoms with van der Waals surface area (Å²) < 4.78 is 0.659. The van der Waals surface area contributed by atoms with Gasteiger partial charge in [-0.3, -0.25) is 0 Å². The first kappa shape index (κ1) is 36.4. The van der Waals surface area contributed by atoms with Crippen molar-refractivity contribution in [1.82, 2.24) is 0 Å². The highest BCUT2D eigenvalue weighted by atomic mass is 79.9. The molecule has 0 spiro atoms. The molecule has 0 fully saturated rings. The van der Waals surface area contributed by atoms with Gasteiger partial charge in [-0.1, -0.05) is 90.9 Å². The smallest absolute Gasteiger partial charge is 0.131 e. The van der Waals surface area contributed by atoms with Crippen LogP contribution in [0.1, 0.15) is 117 Å². The van der Waals surface area contributed by atoms with Gasteiger partial charge in [0.05, 0.1) is 26.7 Å². The predicted molar refractivity (Wildman–Crippen MR) is 137 cm³/mol. The normalized spacial score (nSPS) is 15.5. The van der Waals surface area contributed by atoms with E-state index in [0.29, 0.717) is 11.0 Å². The number of hydrogen-bond donors (Lipinski definition) is 5. The highest BCUT2D eigenvalue weighted by molar-refractivity contribution is 4.80. The number of quaternary nitrogens is 1. The van der Waals surface area contributed by atoms with Crippen LogP contribution < -0.4 is 17.0 Å². The molecule has 0 unspecified atom stereocenters. The summed E-state index contributed by atoms with van der Waals surface area (Å²) >= 11 is 0. The van der Waals surface area contributed by atoms with Gasteiger partial charge in [0.25, 0.3) is 0 Å². The lowest BCUT2D eigenvalue weighted by Gasteiger charge is -2.38. The van der Waals surface area contributed by atoms with Crippen molar-refractivity contribution in [3.63, 3.8) is 0 Å². The van der Waals surface area contributed by atoms with E-state index < -0.39 is 31.0 Å². The Morgan fingerprint density at radius 3 is 1.21 bits per heavy atom. The summed E-state index contributed by atoms with van der Waals surface area (Å²) in [6.45, 7) is 6.04. The van der Waals surface area contributed by atoms with E-state index in [9.17, 15) is 20.4 Å². The number of likely N-dealkylation sites (N-methyl/N-ethyl adjacent to an activating group) is 1.